The van der Waals surface area contributed by atoms with Gasteiger partial charge in [-0.25, -0.2) is 0 Å². The van der Waals surface area contributed by atoms with Crippen LogP contribution in [0.3, 0.4) is 0 Å². The third-order valence-electron chi connectivity index (χ3n) is 4.47. The molecule has 1 amide bonds. The lowest BCUT2D eigenvalue weighted by Crippen LogP contribution is -2.53. The van der Waals surface area contributed by atoms with Crippen LogP contribution in [0.4, 0.5) is 0 Å². The van der Waals surface area contributed by atoms with E-state index in [0.717, 1.165) is 45.1 Å². The molecule has 4 heteroatoms. The predicted molar refractivity (Wildman–Crippen MR) is 88.7 cm³/mol. The van der Waals surface area contributed by atoms with Gasteiger partial charge in [0.2, 0.25) is 5.91 Å². The maximum Gasteiger partial charge on any atom is 0.235 e. The summed E-state index contributed by atoms with van der Waals surface area (Å²) in [5.41, 5.74) is 5.41. The normalized spacial score (nSPS) is 18.0. The van der Waals surface area contributed by atoms with Gasteiger partial charge in [0, 0.05) is 12.6 Å². The first kappa shape index (κ1) is 17.4. The van der Waals surface area contributed by atoms with Crippen molar-refractivity contribution in [2.45, 2.75) is 78.2 Å². The van der Waals surface area contributed by atoms with Crippen LogP contribution in [0.15, 0.2) is 0 Å². The molecule has 2 N–H and O–H groups in total. The lowest BCUT2D eigenvalue weighted by molar-refractivity contribution is -0.141. The number of carbonyl (C=O) groups is 1. The molecule has 20 heavy (non-hydrogen) atoms. The van der Waals surface area contributed by atoms with Crippen molar-refractivity contribution >= 4 is 23.1 Å². The molecule has 1 fully saturated rings. The van der Waals surface area contributed by atoms with Crippen LogP contribution in [0.25, 0.3) is 0 Å². The molecular weight excluding hydrogens is 268 g/mol. The van der Waals surface area contributed by atoms with E-state index in [1.807, 2.05) is 4.90 Å². The molecule has 0 aromatic heterocycles. The summed E-state index contributed by atoms with van der Waals surface area (Å²) in [6, 6.07) is 0.215. The van der Waals surface area contributed by atoms with Gasteiger partial charge in [0.05, 0.1) is 10.4 Å². The van der Waals surface area contributed by atoms with Gasteiger partial charge in [-0.3, -0.25) is 4.79 Å². The fraction of sp³-hybridized carbons (Fsp3) is 0.875. The Morgan fingerprint density at radius 1 is 1.25 bits per heavy atom. The summed E-state index contributed by atoms with van der Waals surface area (Å²) in [6.45, 7) is 7.17. The third-order valence-corrected chi connectivity index (χ3v) is 4.87. The fourth-order valence-electron chi connectivity index (χ4n) is 3.12. The molecule has 116 valence electrons. The van der Waals surface area contributed by atoms with Gasteiger partial charge in [-0.1, -0.05) is 51.2 Å². The van der Waals surface area contributed by atoms with Crippen molar-refractivity contribution in [2.24, 2.45) is 11.1 Å². The minimum atomic E-state index is -0.565. The summed E-state index contributed by atoms with van der Waals surface area (Å²) in [6.07, 6.45) is 8.37. The molecule has 0 aliphatic heterocycles. The quantitative estimate of drug-likeness (QED) is 0.576. The number of rotatable bonds is 7. The average Bonchev–Trinajstić information content (AvgIpc) is 2.43. The van der Waals surface area contributed by atoms with Crippen LogP contribution in [0.5, 0.6) is 0 Å². The molecule has 0 radical (unpaired) electrons. The van der Waals surface area contributed by atoms with E-state index >= 15 is 0 Å². The fourth-order valence-corrected chi connectivity index (χ4v) is 3.41. The Kier molecular flexibility index (Phi) is 6.93. The van der Waals surface area contributed by atoms with Crippen LogP contribution < -0.4 is 5.73 Å². The van der Waals surface area contributed by atoms with Crippen molar-refractivity contribution in [1.29, 1.82) is 0 Å². The summed E-state index contributed by atoms with van der Waals surface area (Å²) >= 11 is 5.28. The molecule has 0 saturated heterocycles. The highest BCUT2D eigenvalue weighted by atomic mass is 32.1. The van der Waals surface area contributed by atoms with Crippen LogP contribution in [0, 0.1) is 5.41 Å². The smallest absolute Gasteiger partial charge is 0.235 e. The van der Waals surface area contributed by atoms with E-state index in [9.17, 15) is 4.79 Å². The topological polar surface area (TPSA) is 46.3 Å². The number of hydrogen-bond acceptors (Lipinski definition) is 2. The molecular formula is C16H30N2OS. The van der Waals surface area contributed by atoms with Crippen molar-refractivity contribution in [2.75, 3.05) is 6.54 Å². The monoisotopic (exact) mass is 298 g/mol. The number of thiocarbonyl (C=S) groups is 1. The van der Waals surface area contributed by atoms with Crippen molar-refractivity contribution < 1.29 is 4.79 Å². The van der Waals surface area contributed by atoms with E-state index in [0.29, 0.717) is 4.99 Å². The van der Waals surface area contributed by atoms with E-state index in [1.54, 1.807) is 0 Å². The molecule has 0 unspecified atom stereocenters. The van der Waals surface area contributed by atoms with Gasteiger partial charge >= 0.3 is 0 Å². The molecule has 1 rings (SSSR count). The van der Waals surface area contributed by atoms with E-state index < -0.39 is 5.41 Å². The van der Waals surface area contributed by atoms with Crippen molar-refractivity contribution in [3.05, 3.63) is 0 Å². The second-order valence-electron chi connectivity index (χ2n) is 6.31. The maximum absolute atomic E-state index is 13.1. The van der Waals surface area contributed by atoms with E-state index in [2.05, 4.69) is 20.8 Å². The zero-order chi connectivity index (χ0) is 15.2. The molecule has 0 aromatic carbocycles. The van der Waals surface area contributed by atoms with Gasteiger partial charge in [-0.05, 0) is 33.1 Å². The summed E-state index contributed by atoms with van der Waals surface area (Å²) in [5, 5.41) is 0. The molecule has 1 saturated carbocycles. The van der Waals surface area contributed by atoms with Crippen LogP contribution in [0.1, 0.15) is 72.1 Å². The number of amides is 1. The van der Waals surface area contributed by atoms with Crippen molar-refractivity contribution in [1.82, 2.24) is 4.90 Å². The van der Waals surface area contributed by atoms with E-state index in [4.69, 9.17) is 18.0 Å². The molecule has 0 bridgehead atoms. The summed E-state index contributed by atoms with van der Waals surface area (Å²) < 4.78 is 0. The van der Waals surface area contributed by atoms with Gasteiger partial charge in [0.1, 0.15) is 0 Å². The molecule has 0 spiro atoms. The Bertz CT molecular complexity index is 335. The predicted octanol–water partition coefficient (Wildman–Crippen LogP) is 3.65. The highest BCUT2D eigenvalue weighted by Gasteiger charge is 2.45. The van der Waals surface area contributed by atoms with Crippen molar-refractivity contribution in [3.63, 3.8) is 0 Å². The first-order valence-corrected chi connectivity index (χ1v) is 8.47. The van der Waals surface area contributed by atoms with Crippen LogP contribution >= 0.6 is 12.2 Å². The molecule has 0 heterocycles. The minimum absolute atomic E-state index is 0.177. The number of unbranched alkanes of at least 4 members (excludes halogenated alkanes) is 2. The van der Waals surface area contributed by atoms with E-state index in [-0.39, 0.29) is 11.9 Å². The SMILES string of the molecule is CCCCCN(C(=O)C1(C(N)=S)CCCCC1)C(C)C. The number of hydrogen-bond donors (Lipinski definition) is 1. The first-order valence-electron chi connectivity index (χ1n) is 8.06. The second kappa shape index (κ2) is 7.96. The van der Waals surface area contributed by atoms with Crippen LogP contribution in [0.2, 0.25) is 0 Å². The lowest BCUT2D eigenvalue weighted by atomic mass is 9.72. The Labute approximate surface area is 129 Å². The molecule has 0 aromatic rings. The standard InChI is InChI=1S/C16H30N2OS/c1-4-5-9-12-18(13(2)3)15(19)16(14(17)20)10-7-6-8-11-16/h13H,4-12H2,1-3H3,(H2,17,20). The maximum atomic E-state index is 13.1. The van der Waals surface area contributed by atoms with E-state index in [1.165, 1.54) is 12.8 Å². The Hall–Kier alpha value is -0.640. The van der Waals surface area contributed by atoms with Gasteiger partial charge in [0.15, 0.2) is 0 Å². The summed E-state index contributed by atoms with van der Waals surface area (Å²) in [7, 11) is 0. The Morgan fingerprint density at radius 3 is 2.30 bits per heavy atom. The molecule has 0 atom stereocenters. The molecule has 1 aliphatic rings. The second-order valence-corrected chi connectivity index (χ2v) is 6.75. The van der Waals surface area contributed by atoms with Gasteiger partial charge < -0.3 is 10.6 Å². The minimum Gasteiger partial charge on any atom is -0.392 e. The van der Waals surface area contributed by atoms with Gasteiger partial charge in [-0.15, -0.1) is 0 Å². The summed E-state index contributed by atoms with van der Waals surface area (Å²) in [4.78, 5) is 15.5. The van der Waals surface area contributed by atoms with Crippen LogP contribution in [-0.4, -0.2) is 28.4 Å². The zero-order valence-corrected chi connectivity index (χ0v) is 14.1. The number of nitrogens with two attached hydrogens (primary N) is 1. The van der Waals surface area contributed by atoms with Crippen molar-refractivity contribution in [3.8, 4) is 0 Å². The van der Waals surface area contributed by atoms with Gasteiger partial charge in [0.25, 0.3) is 0 Å². The number of carbonyl (C=O) groups excluding carboxylic acids is 1. The molecule has 3 nitrogen and oxygen atoms in total. The van der Waals surface area contributed by atoms with Crippen LogP contribution in [-0.2, 0) is 4.79 Å². The zero-order valence-electron chi connectivity index (χ0n) is 13.3. The largest absolute Gasteiger partial charge is 0.392 e. The first-order chi connectivity index (χ1) is 9.45. The highest BCUT2D eigenvalue weighted by Crippen LogP contribution is 2.39. The van der Waals surface area contributed by atoms with Gasteiger partial charge in [-0.2, -0.15) is 0 Å². The third kappa shape index (κ3) is 3.94. The number of nitrogens with zero attached hydrogens (tertiary/aromatic N) is 1. The summed E-state index contributed by atoms with van der Waals surface area (Å²) in [5.74, 6) is 0.177. The molecule has 1 aliphatic carbocycles. The lowest BCUT2D eigenvalue weighted by Gasteiger charge is -2.40. The Balaban J connectivity index is 2.86. The average molecular weight is 298 g/mol. The highest BCUT2D eigenvalue weighted by molar-refractivity contribution is 7.80. The Morgan fingerprint density at radius 2 is 1.85 bits per heavy atom.